The third kappa shape index (κ3) is 5.84. The summed E-state index contributed by atoms with van der Waals surface area (Å²) in [7, 11) is 3.25. The van der Waals surface area contributed by atoms with E-state index in [1.54, 1.807) is 20.3 Å². The lowest BCUT2D eigenvalue weighted by Crippen LogP contribution is -2.14. The lowest BCUT2D eigenvalue weighted by Gasteiger charge is -2.10. The zero-order chi connectivity index (χ0) is 21.5. The van der Waals surface area contributed by atoms with E-state index < -0.39 is 5.82 Å². The van der Waals surface area contributed by atoms with Gasteiger partial charge in [-0.1, -0.05) is 17.7 Å². The third-order valence-electron chi connectivity index (χ3n) is 4.22. The lowest BCUT2D eigenvalue weighted by atomic mass is 10.1. The molecule has 0 aliphatic rings. The van der Waals surface area contributed by atoms with E-state index in [1.807, 2.05) is 31.2 Å². The quantitative estimate of drug-likeness (QED) is 0.464. The Morgan fingerprint density at radius 2 is 1.97 bits per heavy atom. The van der Waals surface area contributed by atoms with Crippen LogP contribution >= 0.6 is 23.1 Å². The Morgan fingerprint density at radius 1 is 1.17 bits per heavy atom. The van der Waals surface area contributed by atoms with Gasteiger partial charge in [-0.15, -0.1) is 0 Å². The van der Waals surface area contributed by atoms with Gasteiger partial charge < -0.3 is 20.1 Å². The average Bonchev–Trinajstić information content (AvgIpc) is 3.17. The van der Waals surface area contributed by atoms with Crippen molar-refractivity contribution in [2.75, 3.05) is 26.1 Å². The highest BCUT2D eigenvalue weighted by atomic mass is 35.5. The summed E-state index contributed by atoms with van der Waals surface area (Å²) in [4.78, 5) is 4.42. The molecule has 1 heterocycles. The number of methoxy groups -OCH3 is 2. The van der Waals surface area contributed by atoms with Crippen LogP contribution < -0.4 is 20.1 Å². The molecule has 9 heteroatoms. The molecule has 0 amide bonds. The van der Waals surface area contributed by atoms with Crippen LogP contribution in [0.3, 0.4) is 0 Å². The maximum Gasteiger partial charge on any atom is 0.207 e. The van der Waals surface area contributed by atoms with Gasteiger partial charge >= 0.3 is 0 Å². The molecule has 0 bridgehead atoms. The highest BCUT2D eigenvalue weighted by Crippen LogP contribution is 2.27. The van der Waals surface area contributed by atoms with Crippen molar-refractivity contribution in [3.8, 4) is 11.5 Å². The van der Waals surface area contributed by atoms with Gasteiger partial charge in [0.05, 0.1) is 19.2 Å². The largest absolute Gasteiger partial charge is 0.493 e. The van der Waals surface area contributed by atoms with Gasteiger partial charge in [-0.05, 0) is 49.2 Å². The van der Waals surface area contributed by atoms with Crippen molar-refractivity contribution in [2.45, 2.75) is 13.3 Å². The maximum atomic E-state index is 13.3. The number of nitrogens with zero attached hydrogens (tertiary/aromatic N) is 2. The van der Waals surface area contributed by atoms with Crippen LogP contribution in [0.15, 0.2) is 42.1 Å². The molecule has 158 valence electrons. The molecular weight excluding hydrogens is 427 g/mol. The molecule has 0 fully saturated rings. The van der Waals surface area contributed by atoms with Gasteiger partial charge in [-0.2, -0.15) is 9.36 Å². The lowest BCUT2D eigenvalue weighted by molar-refractivity contribution is 0.354. The molecule has 0 saturated carbocycles. The fourth-order valence-electron chi connectivity index (χ4n) is 2.73. The predicted octanol–water partition coefficient (Wildman–Crippen LogP) is 5.28. The zero-order valence-electron chi connectivity index (χ0n) is 16.8. The summed E-state index contributed by atoms with van der Waals surface area (Å²) in [6.45, 7) is 2.71. The molecule has 1 aromatic heterocycles. The SMILES string of the molecule is COc1ccc(CCN/C(C)=C/c2nsc(Nc3ccc(F)c(Cl)c3)n2)cc1OC. The molecule has 0 unspecified atom stereocenters. The number of hydrogen-bond acceptors (Lipinski definition) is 7. The Balaban J connectivity index is 1.54. The van der Waals surface area contributed by atoms with Crippen molar-refractivity contribution in [3.63, 3.8) is 0 Å². The minimum atomic E-state index is -0.460. The van der Waals surface area contributed by atoms with Gasteiger partial charge in [-0.25, -0.2) is 4.39 Å². The van der Waals surface area contributed by atoms with Gasteiger partial charge in [0.1, 0.15) is 5.82 Å². The fourth-order valence-corrected chi connectivity index (χ4v) is 3.48. The molecule has 0 radical (unpaired) electrons. The summed E-state index contributed by atoms with van der Waals surface area (Å²) in [5.74, 6) is 1.56. The molecule has 0 saturated heterocycles. The topological polar surface area (TPSA) is 68.3 Å². The van der Waals surface area contributed by atoms with E-state index in [4.69, 9.17) is 21.1 Å². The Hall–Kier alpha value is -2.84. The number of benzene rings is 2. The van der Waals surface area contributed by atoms with Crippen molar-refractivity contribution in [1.29, 1.82) is 0 Å². The Kier molecular flexibility index (Phi) is 7.48. The number of nitrogens with one attached hydrogen (secondary N) is 2. The zero-order valence-corrected chi connectivity index (χ0v) is 18.4. The summed E-state index contributed by atoms with van der Waals surface area (Å²) in [5.41, 5.74) is 2.74. The molecule has 30 heavy (non-hydrogen) atoms. The average molecular weight is 449 g/mol. The minimum Gasteiger partial charge on any atom is -0.493 e. The van der Waals surface area contributed by atoms with E-state index in [2.05, 4.69) is 20.0 Å². The van der Waals surface area contributed by atoms with Crippen molar-refractivity contribution in [3.05, 3.63) is 64.3 Å². The van der Waals surface area contributed by atoms with E-state index >= 15 is 0 Å². The van der Waals surface area contributed by atoms with Crippen LogP contribution in [0.1, 0.15) is 18.3 Å². The van der Waals surface area contributed by atoms with E-state index in [9.17, 15) is 4.39 Å². The fraction of sp³-hybridized carbons (Fsp3) is 0.238. The third-order valence-corrected chi connectivity index (χ3v) is 5.16. The second kappa shape index (κ2) is 10.3. The normalized spacial score (nSPS) is 11.3. The minimum absolute atomic E-state index is 0.0548. The predicted molar refractivity (Wildman–Crippen MR) is 120 cm³/mol. The smallest absolute Gasteiger partial charge is 0.207 e. The highest BCUT2D eigenvalue weighted by molar-refractivity contribution is 7.09. The molecule has 6 nitrogen and oxygen atoms in total. The first-order chi connectivity index (χ1) is 14.5. The number of allylic oxidation sites excluding steroid dienone is 1. The first kappa shape index (κ1) is 21.9. The van der Waals surface area contributed by atoms with Gasteiger partial charge in [-0.3, -0.25) is 0 Å². The van der Waals surface area contributed by atoms with E-state index in [0.717, 1.165) is 30.0 Å². The van der Waals surface area contributed by atoms with Crippen molar-refractivity contribution >= 4 is 40.0 Å². The van der Waals surface area contributed by atoms with Crippen molar-refractivity contribution in [2.24, 2.45) is 0 Å². The van der Waals surface area contributed by atoms with E-state index in [0.29, 0.717) is 22.4 Å². The molecule has 3 aromatic rings. The van der Waals surface area contributed by atoms with Crippen LogP contribution in [0.5, 0.6) is 11.5 Å². The number of hydrogen-bond donors (Lipinski definition) is 2. The maximum absolute atomic E-state index is 13.3. The molecule has 0 spiro atoms. The molecular formula is C21H22ClFN4O2S. The van der Waals surface area contributed by atoms with Crippen LogP contribution in [-0.2, 0) is 6.42 Å². The first-order valence-electron chi connectivity index (χ1n) is 9.17. The van der Waals surface area contributed by atoms with Crippen molar-refractivity contribution < 1.29 is 13.9 Å². The molecule has 2 N–H and O–H groups in total. The molecule has 0 aliphatic heterocycles. The Morgan fingerprint density at radius 3 is 2.70 bits per heavy atom. The number of anilines is 2. The standard InChI is InChI=1S/C21H22ClFN4O2S/c1-13(24-9-8-14-4-7-18(28-2)19(11-14)29-3)10-20-26-21(30-27-20)25-15-5-6-17(23)16(22)12-15/h4-7,10-12,24H,8-9H2,1-3H3,(H,25,26,27)/b13-10+. The van der Waals surface area contributed by atoms with Gasteiger partial charge in [0, 0.05) is 35.5 Å². The number of aromatic nitrogens is 2. The van der Waals surface area contributed by atoms with Crippen molar-refractivity contribution in [1.82, 2.24) is 14.7 Å². The second-order valence-corrected chi connectivity index (χ2v) is 7.56. The molecule has 3 rings (SSSR count). The second-order valence-electron chi connectivity index (χ2n) is 6.41. The first-order valence-corrected chi connectivity index (χ1v) is 10.3. The summed E-state index contributed by atoms with van der Waals surface area (Å²) in [6.07, 6.45) is 2.70. The van der Waals surface area contributed by atoms with Crippen LogP contribution in [0.2, 0.25) is 5.02 Å². The molecule has 2 aromatic carbocycles. The summed E-state index contributed by atoms with van der Waals surface area (Å²) in [6, 6.07) is 10.3. The van der Waals surface area contributed by atoms with Gasteiger partial charge in [0.15, 0.2) is 17.3 Å². The monoisotopic (exact) mass is 448 g/mol. The molecule has 0 atom stereocenters. The summed E-state index contributed by atoms with van der Waals surface area (Å²) < 4.78 is 28.2. The highest BCUT2D eigenvalue weighted by Gasteiger charge is 2.07. The Bertz CT molecular complexity index is 1040. The van der Waals surface area contributed by atoms with Crippen LogP contribution in [-0.4, -0.2) is 30.1 Å². The Labute approximate surface area is 183 Å². The van der Waals surface area contributed by atoms with E-state index in [1.165, 1.54) is 23.7 Å². The van der Waals surface area contributed by atoms with Gasteiger partial charge in [0.25, 0.3) is 0 Å². The summed E-state index contributed by atoms with van der Waals surface area (Å²) >= 11 is 7.02. The summed E-state index contributed by atoms with van der Waals surface area (Å²) in [5, 5.41) is 7.08. The van der Waals surface area contributed by atoms with Gasteiger partial charge in [0.2, 0.25) is 5.13 Å². The molecule has 0 aliphatic carbocycles. The number of ether oxygens (including phenoxy) is 2. The number of rotatable bonds is 9. The van der Waals surface area contributed by atoms with Crippen LogP contribution in [0.25, 0.3) is 6.08 Å². The van der Waals surface area contributed by atoms with E-state index in [-0.39, 0.29) is 5.02 Å². The number of halogens is 2. The van der Waals surface area contributed by atoms with Crippen LogP contribution in [0.4, 0.5) is 15.2 Å². The van der Waals surface area contributed by atoms with Crippen LogP contribution in [0, 0.1) is 5.82 Å².